The van der Waals surface area contributed by atoms with Gasteiger partial charge in [0, 0.05) is 6.54 Å². The number of aliphatic hydroxyl groups excluding tert-OH is 1. The minimum Gasteiger partial charge on any atom is -0.507 e. The average molecular weight is 451 g/mol. The summed E-state index contributed by atoms with van der Waals surface area (Å²) in [6.45, 7) is 0.194. The van der Waals surface area contributed by atoms with E-state index < -0.39 is 29.3 Å². The van der Waals surface area contributed by atoms with Gasteiger partial charge in [0.25, 0.3) is 11.7 Å². The number of amides is 1. The molecule has 0 saturated carbocycles. The second-order valence-electron chi connectivity index (χ2n) is 7.45. The SMILES string of the molecule is COc1ccc(CCN2C(=O)C(=O)/C(=C(\O)c3cc(F)ccc3OC)C2c2ccco2)cc1. The molecule has 0 radical (unpaired) electrons. The van der Waals surface area contributed by atoms with E-state index in [1.165, 1.54) is 30.4 Å². The summed E-state index contributed by atoms with van der Waals surface area (Å²) < 4.78 is 29.8. The fourth-order valence-electron chi connectivity index (χ4n) is 3.91. The fourth-order valence-corrected chi connectivity index (χ4v) is 3.91. The zero-order chi connectivity index (χ0) is 23.5. The summed E-state index contributed by atoms with van der Waals surface area (Å²) >= 11 is 0. The Labute approximate surface area is 189 Å². The van der Waals surface area contributed by atoms with Crippen molar-refractivity contribution in [1.29, 1.82) is 0 Å². The van der Waals surface area contributed by atoms with Crippen molar-refractivity contribution in [1.82, 2.24) is 4.90 Å². The molecule has 1 aliphatic rings. The third-order valence-corrected chi connectivity index (χ3v) is 5.57. The van der Waals surface area contributed by atoms with Crippen LogP contribution in [0, 0.1) is 5.82 Å². The number of ketones is 1. The van der Waals surface area contributed by atoms with E-state index in [0.717, 1.165) is 11.6 Å². The van der Waals surface area contributed by atoms with Gasteiger partial charge in [-0.2, -0.15) is 0 Å². The van der Waals surface area contributed by atoms with Crippen LogP contribution in [0.25, 0.3) is 5.76 Å². The number of aliphatic hydroxyl groups is 1. The number of rotatable bonds is 7. The lowest BCUT2D eigenvalue weighted by Gasteiger charge is -2.23. The Morgan fingerprint density at radius 1 is 1.09 bits per heavy atom. The quantitative estimate of drug-likeness (QED) is 0.331. The Morgan fingerprint density at radius 3 is 2.48 bits per heavy atom. The topological polar surface area (TPSA) is 89.2 Å². The van der Waals surface area contributed by atoms with Crippen molar-refractivity contribution in [2.75, 3.05) is 20.8 Å². The normalized spacial score (nSPS) is 17.4. The van der Waals surface area contributed by atoms with Crippen LogP contribution >= 0.6 is 0 Å². The van der Waals surface area contributed by atoms with Gasteiger partial charge in [0.05, 0.1) is 31.6 Å². The van der Waals surface area contributed by atoms with Crippen LogP contribution in [0.15, 0.2) is 70.9 Å². The number of ether oxygens (including phenoxy) is 2. The summed E-state index contributed by atoms with van der Waals surface area (Å²) in [6, 6.07) is 13.2. The van der Waals surface area contributed by atoms with Crippen molar-refractivity contribution in [3.8, 4) is 11.5 Å². The van der Waals surface area contributed by atoms with E-state index in [4.69, 9.17) is 13.9 Å². The molecule has 33 heavy (non-hydrogen) atoms. The number of furan rings is 1. The molecular formula is C25H22FNO6. The average Bonchev–Trinajstić information content (AvgIpc) is 3.44. The number of likely N-dealkylation sites (tertiary alicyclic amines) is 1. The maximum atomic E-state index is 13.9. The van der Waals surface area contributed by atoms with Gasteiger partial charge in [-0.3, -0.25) is 9.59 Å². The largest absolute Gasteiger partial charge is 0.507 e. The predicted octanol–water partition coefficient (Wildman–Crippen LogP) is 4.10. The maximum absolute atomic E-state index is 13.9. The molecule has 0 spiro atoms. The number of hydrogen-bond donors (Lipinski definition) is 1. The van der Waals surface area contributed by atoms with Gasteiger partial charge in [-0.05, 0) is 54.4 Å². The zero-order valence-electron chi connectivity index (χ0n) is 18.1. The third kappa shape index (κ3) is 4.19. The summed E-state index contributed by atoms with van der Waals surface area (Å²) in [4.78, 5) is 27.3. The van der Waals surface area contributed by atoms with Crippen LogP contribution < -0.4 is 9.47 Å². The first kappa shape index (κ1) is 22.1. The Balaban J connectivity index is 1.74. The number of methoxy groups -OCH3 is 2. The number of carbonyl (C=O) groups excluding carboxylic acids is 2. The standard InChI is InChI=1S/C25H22FNO6/c1-31-17-8-5-15(6-9-17)11-12-27-22(20-4-3-13-33-20)21(24(29)25(27)30)23(28)18-14-16(26)7-10-19(18)32-2/h3-10,13-14,22,28H,11-12H2,1-2H3/b23-21-. The predicted molar refractivity (Wildman–Crippen MR) is 117 cm³/mol. The van der Waals surface area contributed by atoms with E-state index in [-0.39, 0.29) is 23.4 Å². The van der Waals surface area contributed by atoms with Crippen LogP contribution in [-0.4, -0.2) is 42.5 Å². The Morgan fingerprint density at radius 2 is 1.85 bits per heavy atom. The van der Waals surface area contributed by atoms with Crippen LogP contribution in [-0.2, 0) is 16.0 Å². The lowest BCUT2D eigenvalue weighted by atomic mass is 9.98. The molecule has 1 N–H and O–H groups in total. The molecule has 170 valence electrons. The van der Waals surface area contributed by atoms with Crippen LogP contribution in [0.5, 0.6) is 11.5 Å². The first-order chi connectivity index (χ1) is 15.9. The molecule has 1 aliphatic heterocycles. The summed E-state index contributed by atoms with van der Waals surface area (Å²) in [5, 5.41) is 11.1. The minimum atomic E-state index is -0.966. The van der Waals surface area contributed by atoms with Crippen molar-refractivity contribution < 1.29 is 33.0 Å². The molecule has 1 fully saturated rings. The minimum absolute atomic E-state index is 0.0257. The van der Waals surface area contributed by atoms with E-state index >= 15 is 0 Å². The molecule has 2 aromatic carbocycles. The summed E-state index contributed by atoms with van der Waals surface area (Å²) in [5.74, 6) is -1.63. The molecule has 7 nitrogen and oxygen atoms in total. The van der Waals surface area contributed by atoms with E-state index in [1.54, 1.807) is 19.2 Å². The summed E-state index contributed by atoms with van der Waals surface area (Å²) in [5.41, 5.74) is 0.721. The highest BCUT2D eigenvalue weighted by atomic mass is 19.1. The molecule has 1 saturated heterocycles. The second kappa shape index (κ2) is 9.20. The van der Waals surface area contributed by atoms with Crippen molar-refractivity contribution in [2.45, 2.75) is 12.5 Å². The van der Waals surface area contributed by atoms with Gasteiger partial charge in [-0.25, -0.2) is 4.39 Å². The van der Waals surface area contributed by atoms with E-state index in [0.29, 0.717) is 17.9 Å². The van der Waals surface area contributed by atoms with Gasteiger partial charge >= 0.3 is 0 Å². The highest BCUT2D eigenvalue weighted by Crippen LogP contribution is 2.41. The molecule has 2 heterocycles. The lowest BCUT2D eigenvalue weighted by molar-refractivity contribution is -0.140. The van der Waals surface area contributed by atoms with Crippen LogP contribution in [0.1, 0.15) is 22.9 Å². The van der Waals surface area contributed by atoms with Crippen LogP contribution in [0.2, 0.25) is 0 Å². The fraction of sp³-hybridized carbons (Fsp3) is 0.200. The molecule has 1 unspecified atom stereocenters. The number of halogens is 1. The van der Waals surface area contributed by atoms with E-state index in [9.17, 15) is 19.1 Å². The van der Waals surface area contributed by atoms with Crippen molar-refractivity contribution in [3.63, 3.8) is 0 Å². The number of nitrogens with zero attached hydrogens (tertiary/aromatic N) is 1. The molecule has 1 amide bonds. The molecule has 4 rings (SSSR count). The van der Waals surface area contributed by atoms with Gasteiger partial charge in [-0.1, -0.05) is 12.1 Å². The monoisotopic (exact) mass is 451 g/mol. The number of benzene rings is 2. The Hall–Kier alpha value is -4.07. The molecule has 1 aromatic heterocycles. The van der Waals surface area contributed by atoms with Crippen LogP contribution in [0.3, 0.4) is 0 Å². The van der Waals surface area contributed by atoms with Gasteiger partial charge in [0.2, 0.25) is 0 Å². The van der Waals surface area contributed by atoms with Crippen molar-refractivity contribution in [3.05, 3.63) is 89.1 Å². The van der Waals surface area contributed by atoms with Gasteiger partial charge in [-0.15, -0.1) is 0 Å². The van der Waals surface area contributed by atoms with E-state index in [2.05, 4.69) is 0 Å². The molecule has 0 bridgehead atoms. The molecule has 0 aliphatic carbocycles. The Kier molecular flexibility index (Phi) is 6.17. The molecule has 1 atom stereocenters. The number of carbonyl (C=O) groups is 2. The maximum Gasteiger partial charge on any atom is 0.295 e. The molecule has 8 heteroatoms. The van der Waals surface area contributed by atoms with E-state index in [1.807, 2.05) is 24.3 Å². The second-order valence-corrected chi connectivity index (χ2v) is 7.45. The zero-order valence-corrected chi connectivity index (χ0v) is 18.1. The first-order valence-corrected chi connectivity index (χ1v) is 10.2. The number of hydrogen-bond acceptors (Lipinski definition) is 6. The van der Waals surface area contributed by atoms with Gasteiger partial charge in [0.15, 0.2) is 0 Å². The molecular weight excluding hydrogens is 429 g/mol. The highest BCUT2D eigenvalue weighted by molar-refractivity contribution is 6.46. The third-order valence-electron chi connectivity index (χ3n) is 5.57. The summed E-state index contributed by atoms with van der Waals surface area (Å²) in [6.07, 6.45) is 1.87. The van der Waals surface area contributed by atoms with Crippen molar-refractivity contribution >= 4 is 17.4 Å². The summed E-state index contributed by atoms with van der Waals surface area (Å²) in [7, 11) is 2.94. The lowest BCUT2D eigenvalue weighted by Crippen LogP contribution is -2.31. The number of Topliss-reactive ketones (excluding diaryl/α,β-unsaturated/α-hetero) is 1. The van der Waals surface area contributed by atoms with Crippen molar-refractivity contribution in [2.24, 2.45) is 0 Å². The first-order valence-electron chi connectivity index (χ1n) is 10.2. The smallest absolute Gasteiger partial charge is 0.295 e. The van der Waals surface area contributed by atoms with Gasteiger partial charge < -0.3 is 23.9 Å². The van der Waals surface area contributed by atoms with Gasteiger partial charge in [0.1, 0.15) is 34.9 Å². The molecule has 3 aromatic rings. The highest BCUT2D eigenvalue weighted by Gasteiger charge is 2.47. The Bertz CT molecular complexity index is 1200. The van der Waals surface area contributed by atoms with Crippen LogP contribution in [0.4, 0.5) is 4.39 Å².